The lowest BCUT2D eigenvalue weighted by molar-refractivity contribution is 0.609. The van der Waals surface area contributed by atoms with Crippen LogP contribution in [0.3, 0.4) is 0 Å². The molecule has 2 aromatic rings. The summed E-state index contributed by atoms with van der Waals surface area (Å²) >= 11 is 0. The minimum absolute atomic E-state index is 0.230. The molecule has 0 amide bonds. The van der Waals surface area contributed by atoms with E-state index in [-0.39, 0.29) is 12.4 Å². The van der Waals surface area contributed by atoms with Crippen LogP contribution >= 0.6 is 0 Å². The topological polar surface area (TPSA) is 29.3 Å². The first-order valence-corrected chi connectivity index (χ1v) is 6.35. The van der Waals surface area contributed by atoms with Crippen LogP contribution in [0.4, 0.5) is 10.1 Å². The van der Waals surface area contributed by atoms with Crippen LogP contribution in [0, 0.1) is 12.7 Å². The van der Waals surface area contributed by atoms with Crippen LogP contribution in [0.2, 0.25) is 0 Å². The van der Waals surface area contributed by atoms with E-state index in [4.69, 9.17) is 5.73 Å². The van der Waals surface area contributed by atoms with Gasteiger partial charge in [-0.15, -0.1) is 0 Å². The van der Waals surface area contributed by atoms with Crippen molar-refractivity contribution in [2.45, 2.75) is 20.0 Å². The van der Waals surface area contributed by atoms with E-state index in [1.807, 2.05) is 19.2 Å². The number of benzene rings is 2. The Labute approximate surface area is 113 Å². The molecule has 0 aliphatic heterocycles. The molecule has 0 saturated heterocycles. The number of nitrogens with zero attached hydrogens (tertiary/aromatic N) is 1. The average molecular weight is 258 g/mol. The number of aryl methyl sites for hydroxylation is 1. The van der Waals surface area contributed by atoms with Crippen LogP contribution in [0.1, 0.15) is 16.7 Å². The molecule has 0 unspecified atom stereocenters. The van der Waals surface area contributed by atoms with E-state index >= 15 is 0 Å². The summed E-state index contributed by atoms with van der Waals surface area (Å²) in [7, 11) is 2.03. The third-order valence-electron chi connectivity index (χ3n) is 3.19. The molecular formula is C16H19FN2. The zero-order valence-corrected chi connectivity index (χ0v) is 11.4. The highest BCUT2D eigenvalue weighted by molar-refractivity contribution is 5.48. The number of hydrogen-bond acceptors (Lipinski definition) is 2. The van der Waals surface area contributed by atoms with Gasteiger partial charge in [-0.25, -0.2) is 4.39 Å². The Hall–Kier alpha value is -1.87. The summed E-state index contributed by atoms with van der Waals surface area (Å²) in [5.41, 5.74) is 9.53. The van der Waals surface area contributed by atoms with Crippen molar-refractivity contribution < 1.29 is 4.39 Å². The molecular weight excluding hydrogens is 239 g/mol. The summed E-state index contributed by atoms with van der Waals surface area (Å²) in [5, 5.41) is 0. The fourth-order valence-electron chi connectivity index (χ4n) is 2.11. The van der Waals surface area contributed by atoms with Crippen molar-refractivity contribution in [3.8, 4) is 0 Å². The Bertz CT molecular complexity index is 566. The number of hydrogen-bond donors (Lipinski definition) is 1. The smallest absolute Gasteiger partial charge is 0.127 e. The zero-order valence-electron chi connectivity index (χ0n) is 11.4. The predicted molar refractivity (Wildman–Crippen MR) is 77.6 cm³/mol. The van der Waals surface area contributed by atoms with E-state index in [1.165, 1.54) is 11.6 Å². The molecule has 0 aliphatic rings. The lowest BCUT2D eigenvalue weighted by atomic mass is 10.1. The molecule has 0 bridgehead atoms. The molecule has 19 heavy (non-hydrogen) atoms. The molecule has 0 heterocycles. The summed E-state index contributed by atoms with van der Waals surface area (Å²) in [6, 6.07) is 13.4. The van der Waals surface area contributed by atoms with Gasteiger partial charge < -0.3 is 10.6 Å². The second kappa shape index (κ2) is 5.85. The maximum Gasteiger partial charge on any atom is 0.127 e. The van der Waals surface area contributed by atoms with Gasteiger partial charge in [0, 0.05) is 31.4 Å². The third-order valence-corrected chi connectivity index (χ3v) is 3.19. The quantitative estimate of drug-likeness (QED) is 0.912. The summed E-state index contributed by atoms with van der Waals surface area (Å²) in [4.78, 5) is 2.14. The molecule has 100 valence electrons. The second-order valence-corrected chi connectivity index (χ2v) is 4.82. The maximum atomic E-state index is 13.4. The largest absolute Gasteiger partial charge is 0.370 e. The van der Waals surface area contributed by atoms with Crippen molar-refractivity contribution in [2.24, 2.45) is 5.73 Å². The van der Waals surface area contributed by atoms with Crippen molar-refractivity contribution >= 4 is 5.69 Å². The number of rotatable bonds is 4. The van der Waals surface area contributed by atoms with E-state index in [0.717, 1.165) is 17.8 Å². The molecule has 2 N–H and O–H groups in total. The second-order valence-electron chi connectivity index (χ2n) is 4.82. The van der Waals surface area contributed by atoms with Gasteiger partial charge in [0.2, 0.25) is 0 Å². The first-order valence-electron chi connectivity index (χ1n) is 6.35. The monoisotopic (exact) mass is 258 g/mol. The van der Waals surface area contributed by atoms with Crippen LogP contribution in [0.15, 0.2) is 42.5 Å². The summed E-state index contributed by atoms with van der Waals surface area (Å²) < 4.78 is 13.4. The lowest BCUT2D eigenvalue weighted by Crippen LogP contribution is -2.16. The van der Waals surface area contributed by atoms with E-state index < -0.39 is 0 Å². The maximum absolute atomic E-state index is 13.4. The summed E-state index contributed by atoms with van der Waals surface area (Å²) in [6.07, 6.45) is 0. The molecule has 0 fully saturated rings. The van der Waals surface area contributed by atoms with Crippen LogP contribution < -0.4 is 10.6 Å². The average Bonchev–Trinajstić information content (AvgIpc) is 2.41. The SMILES string of the molecule is Cc1cccc(N(C)Cc2ccc(F)c(CN)c2)c1. The molecule has 0 spiro atoms. The van der Waals surface area contributed by atoms with Crippen LogP contribution in [-0.2, 0) is 13.1 Å². The minimum atomic E-state index is -0.232. The van der Waals surface area contributed by atoms with Crippen molar-refractivity contribution in [3.05, 3.63) is 65.0 Å². The molecule has 0 atom stereocenters. The van der Waals surface area contributed by atoms with E-state index in [2.05, 4.69) is 30.0 Å². The Balaban J connectivity index is 2.17. The number of halogens is 1. The molecule has 2 aromatic carbocycles. The van der Waals surface area contributed by atoms with Gasteiger partial charge in [0.05, 0.1) is 0 Å². The molecule has 0 radical (unpaired) electrons. The van der Waals surface area contributed by atoms with Gasteiger partial charge in [0.25, 0.3) is 0 Å². The van der Waals surface area contributed by atoms with E-state index in [0.29, 0.717) is 5.56 Å². The Kier molecular flexibility index (Phi) is 4.17. The van der Waals surface area contributed by atoms with Crippen LogP contribution in [0.25, 0.3) is 0 Å². The van der Waals surface area contributed by atoms with Crippen molar-refractivity contribution in [2.75, 3.05) is 11.9 Å². The van der Waals surface area contributed by atoms with Crippen LogP contribution in [-0.4, -0.2) is 7.05 Å². The van der Waals surface area contributed by atoms with Crippen molar-refractivity contribution in [3.63, 3.8) is 0 Å². The van der Waals surface area contributed by atoms with Gasteiger partial charge in [0.1, 0.15) is 5.82 Å². The molecule has 0 aromatic heterocycles. The van der Waals surface area contributed by atoms with Gasteiger partial charge >= 0.3 is 0 Å². The van der Waals surface area contributed by atoms with E-state index in [9.17, 15) is 4.39 Å². The Morgan fingerprint density at radius 1 is 1.16 bits per heavy atom. The number of nitrogens with two attached hydrogens (primary N) is 1. The van der Waals surface area contributed by atoms with Crippen molar-refractivity contribution in [1.29, 1.82) is 0 Å². The minimum Gasteiger partial charge on any atom is -0.370 e. The van der Waals surface area contributed by atoms with Gasteiger partial charge in [-0.2, -0.15) is 0 Å². The predicted octanol–water partition coefficient (Wildman–Crippen LogP) is 3.23. The standard InChI is InChI=1S/C16H19FN2/c1-12-4-3-5-15(8-12)19(2)11-13-6-7-16(17)14(9-13)10-18/h3-9H,10-11,18H2,1-2H3. The lowest BCUT2D eigenvalue weighted by Gasteiger charge is -2.20. The first-order chi connectivity index (χ1) is 9.10. The van der Waals surface area contributed by atoms with Gasteiger partial charge in [-0.1, -0.05) is 18.2 Å². The van der Waals surface area contributed by atoms with E-state index in [1.54, 1.807) is 6.07 Å². The normalized spacial score (nSPS) is 10.5. The first kappa shape index (κ1) is 13.6. The Morgan fingerprint density at radius 3 is 2.63 bits per heavy atom. The van der Waals surface area contributed by atoms with Gasteiger partial charge in [-0.3, -0.25) is 0 Å². The van der Waals surface area contributed by atoms with Crippen LogP contribution in [0.5, 0.6) is 0 Å². The highest BCUT2D eigenvalue weighted by atomic mass is 19.1. The highest BCUT2D eigenvalue weighted by Gasteiger charge is 2.05. The zero-order chi connectivity index (χ0) is 13.8. The molecule has 3 heteroatoms. The van der Waals surface area contributed by atoms with Gasteiger partial charge in [-0.05, 0) is 42.3 Å². The van der Waals surface area contributed by atoms with Gasteiger partial charge in [0.15, 0.2) is 0 Å². The molecule has 2 nitrogen and oxygen atoms in total. The molecule has 0 aliphatic carbocycles. The summed E-state index contributed by atoms with van der Waals surface area (Å²) in [5.74, 6) is -0.232. The van der Waals surface area contributed by atoms with Crippen molar-refractivity contribution in [1.82, 2.24) is 0 Å². The highest BCUT2D eigenvalue weighted by Crippen LogP contribution is 2.18. The summed E-state index contributed by atoms with van der Waals surface area (Å²) in [6.45, 7) is 3.03. The number of anilines is 1. The fraction of sp³-hybridized carbons (Fsp3) is 0.250. The Morgan fingerprint density at radius 2 is 1.95 bits per heavy atom. The fourth-order valence-corrected chi connectivity index (χ4v) is 2.11. The molecule has 2 rings (SSSR count). The molecule has 0 saturated carbocycles. The third kappa shape index (κ3) is 3.32.